The van der Waals surface area contributed by atoms with Gasteiger partial charge in [0, 0.05) is 10.9 Å². The highest BCUT2D eigenvalue weighted by Crippen LogP contribution is 2.28. The van der Waals surface area contributed by atoms with Crippen LogP contribution in [-0.4, -0.2) is 23.5 Å². The standard InChI is InChI=1S/C29H19N3O3S/c30-17-22-14-15-36-28(22)32-27(33)18-35-29(34)24-16-26(31-25-9-5-4-8-23(24)25)21-12-10-20(11-13-21)19-6-2-1-3-7-19/h1-16H,18H2,(H,32,33). The number of anilines is 1. The number of pyridine rings is 1. The molecule has 3 aromatic carbocycles. The molecule has 1 amide bonds. The lowest BCUT2D eigenvalue weighted by Crippen LogP contribution is -2.21. The van der Waals surface area contributed by atoms with Crippen LogP contribution in [0, 0.1) is 11.3 Å². The molecule has 2 aromatic heterocycles. The Kier molecular flexibility index (Phi) is 6.52. The van der Waals surface area contributed by atoms with Crippen LogP contribution in [0.1, 0.15) is 15.9 Å². The first-order valence-corrected chi connectivity index (χ1v) is 12.0. The molecule has 0 bridgehead atoms. The molecule has 0 unspecified atom stereocenters. The zero-order valence-electron chi connectivity index (χ0n) is 19.0. The van der Waals surface area contributed by atoms with E-state index in [0.717, 1.165) is 16.7 Å². The first-order valence-electron chi connectivity index (χ1n) is 11.1. The van der Waals surface area contributed by atoms with E-state index >= 15 is 0 Å². The number of amides is 1. The van der Waals surface area contributed by atoms with Crippen LogP contribution in [0.4, 0.5) is 5.00 Å². The molecule has 0 fully saturated rings. The van der Waals surface area contributed by atoms with Crippen molar-refractivity contribution in [2.75, 3.05) is 11.9 Å². The summed E-state index contributed by atoms with van der Waals surface area (Å²) in [4.78, 5) is 30.1. The Labute approximate surface area is 211 Å². The number of nitrogens with zero attached hydrogens (tertiary/aromatic N) is 2. The van der Waals surface area contributed by atoms with E-state index in [4.69, 9.17) is 15.0 Å². The third-order valence-electron chi connectivity index (χ3n) is 5.60. The van der Waals surface area contributed by atoms with Crippen molar-refractivity contribution in [3.8, 4) is 28.5 Å². The number of para-hydroxylation sites is 1. The molecule has 0 saturated heterocycles. The predicted octanol–water partition coefficient (Wildman–Crippen LogP) is 6.30. The Morgan fingerprint density at radius 3 is 2.36 bits per heavy atom. The highest BCUT2D eigenvalue weighted by molar-refractivity contribution is 7.14. The van der Waals surface area contributed by atoms with Gasteiger partial charge in [0.25, 0.3) is 5.91 Å². The Morgan fingerprint density at radius 1 is 0.889 bits per heavy atom. The van der Waals surface area contributed by atoms with Crippen molar-refractivity contribution in [3.63, 3.8) is 0 Å². The van der Waals surface area contributed by atoms with Crippen molar-refractivity contribution in [3.05, 3.63) is 108 Å². The fraction of sp³-hybridized carbons (Fsp3) is 0.0345. The van der Waals surface area contributed by atoms with Gasteiger partial charge in [0.2, 0.25) is 0 Å². The monoisotopic (exact) mass is 489 g/mol. The predicted molar refractivity (Wildman–Crippen MR) is 141 cm³/mol. The summed E-state index contributed by atoms with van der Waals surface area (Å²) in [5, 5.41) is 14.5. The van der Waals surface area contributed by atoms with Crippen molar-refractivity contribution in [1.29, 1.82) is 5.26 Å². The van der Waals surface area contributed by atoms with Gasteiger partial charge < -0.3 is 10.1 Å². The fourth-order valence-electron chi connectivity index (χ4n) is 3.82. The molecule has 2 heterocycles. The minimum atomic E-state index is -0.627. The van der Waals surface area contributed by atoms with Crippen LogP contribution in [0.15, 0.2) is 96.4 Å². The molecule has 1 N–H and O–H groups in total. The highest BCUT2D eigenvalue weighted by Gasteiger charge is 2.17. The lowest BCUT2D eigenvalue weighted by molar-refractivity contribution is -0.119. The lowest BCUT2D eigenvalue weighted by atomic mass is 10.0. The largest absolute Gasteiger partial charge is 0.452 e. The van der Waals surface area contributed by atoms with Gasteiger partial charge in [-0.15, -0.1) is 11.3 Å². The number of nitrogens with one attached hydrogen (secondary N) is 1. The third-order valence-corrected chi connectivity index (χ3v) is 6.43. The number of benzene rings is 3. The first kappa shape index (κ1) is 23.0. The number of rotatable bonds is 6. The van der Waals surface area contributed by atoms with E-state index in [-0.39, 0.29) is 0 Å². The molecule has 0 saturated carbocycles. The molecule has 5 aromatic rings. The molecule has 0 aliphatic heterocycles. The fourth-order valence-corrected chi connectivity index (χ4v) is 4.58. The van der Waals surface area contributed by atoms with E-state index in [2.05, 4.69) is 5.32 Å². The zero-order chi connectivity index (χ0) is 24.9. The quantitative estimate of drug-likeness (QED) is 0.283. The topological polar surface area (TPSA) is 92.1 Å². The maximum Gasteiger partial charge on any atom is 0.339 e. The van der Waals surface area contributed by atoms with Crippen molar-refractivity contribution in [1.82, 2.24) is 4.98 Å². The summed E-state index contributed by atoms with van der Waals surface area (Å²) >= 11 is 1.23. The van der Waals surface area contributed by atoms with Crippen LogP contribution in [-0.2, 0) is 9.53 Å². The second-order valence-electron chi connectivity index (χ2n) is 7.92. The van der Waals surface area contributed by atoms with Crippen LogP contribution in [0.25, 0.3) is 33.3 Å². The molecule has 0 radical (unpaired) electrons. The van der Waals surface area contributed by atoms with Crippen molar-refractivity contribution in [2.24, 2.45) is 0 Å². The van der Waals surface area contributed by atoms with Crippen molar-refractivity contribution < 1.29 is 14.3 Å². The van der Waals surface area contributed by atoms with Crippen molar-refractivity contribution >= 4 is 39.1 Å². The molecule has 36 heavy (non-hydrogen) atoms. The molecule has 0 aliphatic rings. The number of aromatic nitrogens is 1. The smallest absolute Gasteiger partial charge is 0.339 e. The van der Waals surface area contributed by atoms with Gasteiger partial charge in [0.05, 0.1) is 22.3 Å². The summed E-state index contributed by atoms with van der Waals surface area (Å²) in [6.45, 7) is -0.473. The number of carbonyl (C=O) groups is 2. The second kappa shape index (κ2) is 10.2. The average molecular weight is 490 g/mol. The molecule has 7 heteroatoms. The number of hydrogen-bond donors (Lipinski definition) is 1. The average Bonchev–Trinajstić information content (AvgIpc) is 3.38. The molecule has 174 valence electrons. The number of hydrogen-bond acceptors (Lipinski definition) is 6. The van der Waals surface area contributed by atoms with Gasteiger partial charge >= 0.3 is 5.97 Å². The molecular formula is C29H19N3O3S. The summed E-state index contributed by atoms with van der Waals surface area (Å²) in [5.74, 6) is -1.14. The summed E-state index contributed by atoms with van der Waals surface area (Å²) in [5.41, 5.74) is 5.01. The van der Waals surface area contributed by atoms with Gasteiger partial charge in [-0.05, 0) is 34.7 Å². The molecule has 0 spiro atoms. The summed E-state index contributed by atoms with van der Waals surface area (Å²) < 4.78 is 5.33. The van der Waals surface area contributed by atoms with Gasteiger partial charge in [-0.3, -0.25) is 4.79 Å². The molecule has 0 aliphatic carbocycles. The Bertz CT molecular complexity index is 1600. The van der Waals surface area contributed by atoms with Gasteiger partial charge in [-0.25, -0.2) is 9.78 Å². The number of ether oxygens (including phenoxy) is 1. The SMILES string of the molecule is N#Cc1ccsc1NC(=O)COC(=O)c1cc(-c2ccc(-c3ccccc3)cc2)nc2ccccc12. The number of thiophene rings is 1. The summed E-state index contributed by atoms with van der Waals surface area (Å²) in [6.07, 6.45) is 0. The number of carbonyl (C=O) groups excluding carboxylic acids is 2. The lowest BCUT2D eigenvalue weighted by Gasteiger charge is -2.11. The normalized spacial score (nSPS) is 10.5. The first-order chi connectivity index (χ1) is 17.6. The summed E-state index contributed by atoms with van der Waals surface area (Å²) in [6, 6.07) is 30.7. The molecule has 0 atom stereocenters. The molecular weight excluding hydrogens is 470 g/mol. The van der Waals surface area contributed by atoms with E-state index in [1.165, 1.54) is 11.3 Å². The van der Waals surface area contributed by atoms with Crippen LogP contribution >= 0.6 is 11.3 Å². The maximum absolute atomic E-state index is 13.0. The second-order valence-corrected chi connectivity index (χ2v) is 8.83. The Balaban J connectivity index is 1.39. The minimum absolute atomic E-state index is 0.323. The van der Waals surface area contributed by atoms with E-state index in [1.54, 1.807) is 23.6 Å². The van der Waals surface area contributed by atoms with E-state index in [9.17, 15) is 9.59 Å². The Hall–Kier alpha value is -4.80. The van der Waals surface area contributed by atoms with E-state index in [1.807, 2.05) is 78.9 Å². The van der Waals surface area contributed by atoms with Gasteiger partial charge in [-0.1, -0.05) is 72.8 Å². The summed E-state index contributed by atoms with van der Waals surface area (Å²) in [7, 11) is 0. The van der Waals surface area contributed by atoms with Crippen molar-refractivity contribution in [2.45, 2.75) is 0 Å². The van der Waals surface area contributed by atoms with Gasteiger partial charge in [-0.2, -0.15) is 5.26 Å². The van der Waals surface area contributed by atoms with Crippen LogP contribution < -0.4 is 5.32 Å². The maximum atomic E-state index is 13.0. The van der Waals surface area contributed by atoms with Crippen LogP contribution in [0.3, 0.4) is 0 Å². The third kappa shape index (κ3) is 4.85. The highest BCUT2D eigenvalue weighted by atomic mass is 32.1. The van der Waals surface area contributed by atoms with E-state index < -0.39 is 18.5 Å². The zero-order valence-corrected chi connectivity index (χ0v) is 19.8. The van der Waals surface area contributed by atoms with Gasteiger partial charge in [0.1, 0.15) is 11.1 Å². The van der Waals surface area contributed by atoms with E-state index in [0.29, 0.717) is 32.7 Å². The number of esters is 1. The van der Waals surface area contributed by atoms with Crippen LogP contribution in [0.2, 0.25) is 0 Å². The molecule has 5 rings (SSSR count). The van der Waals surface area contributed by atoms with Gasteiger partial charge in [0.15, 0.2) is 6.61 Å². The van der Waals surface area contributed by atoms with Crippen LogP contribution in [0.5, 0.6) is 0 Å². The molecule has 6 nitrogen and oxygen atoms in total. The number of nitriles is 1. The minimum Gasteiger partial charge on any atom is -0.452 e. The Morgan fingerprint density at radius 2 is 1.58 bits per heavy atom. The number of fused-ring (bicyclic) bond motifs is 1.